The molecule has 4 rings (SSSR count). The molecule has 2 fully saturated rings. The largest absolute Gasteiger partial charge is 0.311 e. The summed E-state index contributed by atoms with van der Waals surface area (Å²) in [6.45, 7) is 0. The number of fused-ring (bicyclic) bond motifs is 2. The number of hydrogen-bond acceptors (Lipinski definition) is 3. The quantitative estimate of drug-likeness (QED) is 0.858. The molecule has 0 spiro atoms. The zero-order valence-corrected chi connectivity index (χ0v) is 11.1. The van der Waals surface area contributed by atoms with E-state index in [4.69, 9.17) is 0 Å². The van der Waals surface area contributed by atoms with Gasteiger partial charge in [-0.1, -0.05) is 7.43 Å². The fourth-order valence-electron chi connectivity index (χ4n) is 3.59. The lowest BCUT2D eigenvalue weighted by Crippen LogP contribution is -2.21. The number of nitrogens with one attached hydrogen (secondary N) is 1. The maximum atomic E-state index is 13.2. The topological polar surface area (TPSA) is 37.8 Å². The number of halogens is 1. The maximum absolute atomic E-state index is 13.2. The van der Waals surface area contributed by atoms with E-state index in [9.17, 15) is 4.39 Å². The summed E-state index contributed by atoms with van der Waals surface area (Å²) in [7, 11) is 0. The Morgan fingerprint density at radius 1 is 1.14 bits per heavy atom. The number of rotatable bonds is 2. The third-order valence-corrected chi connectivity index (χ3v) is 4.55. The second-order valence-electron chi connectivity index (χ2n) is 5.76. The van der Waals surface area contributed by atoms with E-state index in [1.807, 2.05) is 12.3 Å². The van der Waals surface area contributed by atoms with E-state index in [-0.39, 0.29) is 7.43 Å². The predicted molar refractivity (Wildman–Crippen MR) is 81.5 cm³/mol. The lowest BCUT2D eigenvalue weighted by atomic mass is 9.84. The molecule has 110 valence electrons. The molecule has 4 heteroatoms. The van der Waals surface area contributed by atoms with Gasteiger partial charge in [0.25, 0.3) is 0 Å². The van der Waals surface area contributed by atoms with Crippen LogP contribution >= 0.6 is 0 Å². The summed E-state index contributed by atoms with van der Waals surface area (Å²) in [5, 5.41) is 3.65. The lowest BCUT2D eigenvalue weighted by molar-refractivity contribution is 0.505. The monoisotopic (exact) mass is 285 g/mol. The van der Waals surface area contributed by atoms with Gasteiger partial charge < -0.3 is 5.32 Å². The summed E-state index contributed by atoms with van der Waals surface area (Å²) < 4.78 is 13.2. The third-order valence-electron chi connectivity index (χ3n) is 4.55. The number of nitrogens with zero attached hydrogens (tertiary/aromatic N) is 2. The Morgan fingerprint density at radius 2 is 2.05 bits per heavy atom. The Balaban J connectivity index is 0.00000132. The molecule has 2 aromatic heterocycles. The first-order chi connectivity index (χ1) is 9.79. The first-order valence-corrected chi connectivity index (χ1v) is 7.12. The average Bonchev–Trinajstić information content (AvgIpc) is 3.10. The van der Waals surface area contributed by atoms with Gasteiger partial charge >= 0.3 is 0 Å². The van der Waals surface area contributed by atoms with Gasteiger partial charge in [-0.3, -0.25) is 4.98 Å². The molecule has 0 aliphatic carbocycles. The molecular formula is C17H20FN3. The molecule has 2 aromatic rings. The summed E-state index contributed by atoms with van der Waals surface area (Å²) in [6, 6.07) is 6.69. The summed E-state index contributed by atoms with van der Waals surface area (Å²) in [5.41, 5.74) is 3.06. The highest BCUT2D eigenvalue weighted by Crippen LogP contribution is 2.40. The molecule has 0 aromatic carbocycles. The first kappa shape index (κ1) is 14.1. The van der Waals surface area contributed by atoms with E-state index in [1.165, 1.54) is 37.1 Å². The van der Waals surface area contributed by atoms with Gasteiger partial charge in [-0.25, -0.2) is 4.98 Å². The van der Waals surface area contributed by atoms with Crippen molar-refractivity contribution in [2.24, 2.45) is 0 Å². The van der Waals surface area contributed by atoms with Gasteiger partial charge in [0, 0.05) is 48.2 Å². The van der Waals surface area contributed by atoms with Crippen molar-refractivity contribution < 1.29 is 4.39 Å². The van der Waals surface area contributed by atoms with Crippen LogP contribution in [0.4, 0.5) is 4.39 Å². The number of pyridine rings is 2. The SMILES string of the molecule is C.Fc1cc(-c2cncc(C3CC4CCC3N4)c2)ccn1. The van der Waals surface area contributed by atoms with E-state index in [0.29, 0.717) is 18.0 Å². The molecule has 1 N–H and O–H groups in total. The molecule has 4 heterocycles. The highest BCUT2D eigenvalue weighted by atomic mass is 19.1. The smallest absolute Gasteiger partial charge is 0.213 e. The van der Waals surface area contributed by atoms with Crippen LogP contribution in [0.3, 0.4) is 0 Å². The van der Waals surface area contributed by atoms with Gasteiger partial charge in [-0.2, -0.15) is 4.39 Å². The van der Waals surface area contributed by atoms with Crippen molar-refractivity contribution in [1.82, 2.24) is 15.3 Å². The Bertz CT molecular complexity index is 643. The van der Waals surface area contributed by atoms with Crippen molar-refractivity contribution in [2.45, 2.75) is 44.7 Å². The van der Waals surface area contributed by atoms with Crippen LogP contribution in [-0.4, -0.2) is 22.1 Å². The van der Waals surface area contributed by atoms with Crippen LogP contribution in [0.15, 0.2) is 36.8 Å². The standard InChI is InChI=1S/C16H16FN3.CH4/c17-16-6-10(3-4-19-16)11-5-12(9-18-8-11)14-7-13-1-2-15(14)20-13;/h3-6,8-9,13-15,20H,1-2,7H2;1H4. The Hall–Kier alpha value is -1.81. The Morgan fingerprint density at radius 3 is 2.76 bits per heavy atom. The van der Waals surface area contributed by atoms with Gasteiger partial charge in [0.05, 0.1) is 0 Å². The van der Waals surface area contributed by atoms with E-state index < -0.39 is 5.95 Å². The van der Waals surface area contributed by atoms with Crippen LogP contribution < -0.4 is 5.32 Å². The van der Waals surface area contributed by atoms with Crippen molar-refractivity contribution in [1.29, 1.82) is 0 Å². The van der Waals surface area contributed by atoms with E-state index in [0.717, 1.165) is 11.1 Å². The molecule has 0 radical (unpaired) electrons. The van der Waals surface area contributed by atoms with Crippen molar-refractivity contribution >= 4 is 0 Å². The zero-order chi connectivity index (χ0) is 13.5. The van der Waals surface area contributed by atoms with E-state index >= 15 is 0 Å². The predicted octanol–water partition coefficient (Wildman–Crippen LogP) is 3.53. The molecule has 3 atom stereocenters. The van der Waals surface area contributed by atoms with Crippen molar-refractivity contribution in [3.05, 3.63) is 48.3 Å². The zero-order valence-electron chi connectivity index (χ0n) is 11.1. The minimum Gasteiger partial charge on any atom is -0.311 e. The molecule has 2 saturated heterocycles. The highest BCUT2D eigenvalue weighted by molar-refractivity contribution is 5.62. The van der Waals surface area contributed by atoms with Crippen molar-refractivity contribution in [3.63, 3.8) is 0 Å². The average molecular weight is 285 g/mol. The summed E-state index contributed by atoms with van der Waals surface area (Å²) in [6.07, 6.45) is 8.98. The van der Waals surface area contributed by atoms with Gasteiger partial charge in [-0.05, 0) is 42.5 Å². The third kappa shape index (κ3) is 2.56. The molecular weight excluding hydrogens is 265 g/mol. The molecule has 2 aliphatic heterocycles. The Labute approximate surface area is 124 Å². The van der Waals surface area contributed by atoms with Gasteiger partial charge in [0.15, 0.2) is 0 Å². The molecule has 21 heavy (non-hydrogen) atoms. The fourth-order valence-corrected chi connectivity index (χ4v) is 3.59. The van der Waals surface area contributed by atoms with Crippen molar-refractivity contribution in [3.8, 4) is 11.1 Å². The first-order valence-electron chi connectivity index (χ1n) is 7.12. The van der Waals surface area contributed by atoms with Gasteiger partial charge in [0.2, 0.25) is 5.95 Å². The number of aromatic nitrogens is 2. The normalized spacial score (nSPS) is 26.6. The molecule has 3 unspecified atom stereocenters. The van der Waals surface area contributed by atoms with Crippen molar-refractivity contribution in [2.75, 3.05) is 0 Å². The van der Waals surface area contributed by atoms with Crippen LogP contribution in [0.5, 0.6) is 0 Å². The second-order valence-corrected chi connectivity index (χ2v) is 5.76. The van der Waals surface area contributed by atoms with Gasteiger partial charge in [-0.15, -0.1) is 0 Å². The van der Waals surface area contributed by atoms with Crippen LogP contribution in [0.2, 0.25) is 0 Å². The van der Waals surface area contributed by atoms with E-state index in [1.54, 1.807) is 6.20 Å². The fraction of sp³-hybridized carbons (Fsp3) is 0.412. The van der Waals surface area contributed by atoms with E-state index in [2.05, 4.69) is 21.4 Å². The summed E-state index contributed by atoms with van der Waals surface area (Å²) >= 11 is 0. The van der Waals surface area contributed by atoms with Crippen LogP contribution in [0.25, 0.3) is 11.1 Å². The van der Waals surface area contributed by atoms with Crippen LogP contribution in [-0.2, 0) is 0 Å². The molecule has 0 amide bonds. The minimum absolute atomic E-state index is 0. The van der Waals surface area contributed by atoms with Gasteiger partial charge in [0.1, 0.15) is 0 Å². The molecule has 0 saturated carbocycles. The van der Waals surface area contributed by atoms with Crippen LogP contribution in [0.1, 0.15) is 38.2 Å². The molecule has 2 aliphatic rings. The minimum atomic E-state index is -0.450. The van der Waals surface area contributed by atoms with Crippen LogP contribution in [0, 0.1) is 5.95 Å². The highest BCUT2D eigenvalue weighted by Gasteiger charge is 2.39. The number of hydrogen-bond donors (Lipinski definition) is 1. The lowest BCUT2D eigenvalue weighted by Gasteiger charge is -2.20. The summed E-state index contributed by atoms with van der Waals surface area (Å²) in [5.74, 6) is 0.0994. The maximum Gasteiger partial charge on any atom is 0.213 e. The molecule has 2 bridgehead atoms. The Kier molecular flexibility index (Phi) is 3.72. The second kappa shape index (κ2) is 5.53. The molecule has 3 nitrogen and oxygen atoms in total. The summed E-state index contributed by atoms with van der Waals surface area (Å²) in [4.78, 5) is 7.95.